The zero-order chi connectivity index (χ0) is 14.4. The predicted molar refractivity (Wildman–Crippen MR) is 76.5 cm³/mol. The first-order chi connectivity index (χ1) is 9.66. The van der Waals surface area contributed by atoms with Crippen molar-refractivity contribution in [3.8, 4) is 0 Å². The van der Waals surface area contributed by atoms with Gasteiger partial charge in [-0.25, -0.2) is 4.39 Å². The Bertz CT molecular complexity index is 429. The Hall–Kier alpha value is -1.46. The maximum Gasteiger partial charge on any atom is 0.240 e. The van der Waals surface area contributed by atoms with Gasteiger partial charge in [0, 0.05) is 26.2 Å². The molecule has 0 aromatic heterocycles. The molecule has 1 aromatic rings. The van der Waals surface area contributed by atoms with Crippen LogP contribution in [0.3, 0.4) is 0 Å². The van der Waals surface area contributed by atoms with E-state index >= 15 is 0 Å². The molecule has 0 bridgehead atoms. The summed E-state index contributed by atoms with van der Waals surface area (Å²) in [7, 11) is 0. The summed E-state index contributed by atoms with van der Waals surface area (Å²) in [6.07, 6.45) is 3.34. The van der Waals surface area contributed by atoms with Crippen LogP contribution in [0.1, 0.15) is 24.8 Å². The number of carbonyl (C=O) groups excluding carboxylic acids is 1. The Morgan fingerprint density at radius 1 is 1.25 bits per heavy atom. The summed E-state index contributed by atoms with van der Waals surface area (Å²) in [5, 5.41) is 3.15. The Kier molecular flexibility index (Phi) is 5.49. The molecule has 1 unspecified atom stereocenters. The maximum atomic E-state index is 12.8. The molecule has 1 saturated heterocycles. The van der Waals surface area contributed by atoms with Crippen LogP contribution in [0.15, 0.2) is 24.3 Å². The topological polar surface area (TPSA) is 58.4 Å². The summed E-state index contributed by atoms with van der Waals surface area (Å²) < 4.78 is 12.8. The van der Waals surface area contributed by atoms with E-state index in [-0.39, 0.29) is 11.7 Å². The summed E-state index contributed by atoms with van der Waals surface area (Å²) in [6.45, 7) is 2.67. The molecule has 1 heterocycles. The number of nitrogens with zero attached hydrogens (tertiary/aromatic N) is 1. The number of likely N-dealkylation sites (tertiary alicyclic amines) is 1. The van der Waals surface area contributed by atoms with Gasteiger partial charge in [-0.3, -0.25) is 4.79 Å². The molecule has 0 spiro atoms. The van der Waals surface area contributed by atoms with Crippen molar-refractivity contribution in [1.82, 2.24) is 10.2 Å². The highest BCUT2D eigenvalue weighted by Gasteiger charge is 2.21. The van der Waals surface area contributed by atoms with Gasteiger partial charge < -0.3 is 16.0 Å². The van der Waals surface area contributed by atoms with Gasteiger partial charge in [-0.1, -0.05) is 12.1 Å². The average Bonchev–Trinajstić information content (AvgIpc) is 2.49. The first-order valence-electron chi connectivity index (χ1n) is 7.16. The zero-order valence-corrected chi connectivity index (χ0v) is 11.6. The van der Waals surface area contributed by atoms with Crippen LogP contribution in [-0.2, 0) is 11.3 Å². The second kappa shape index (κ2) is 7.36. The van der Waals surface area contributed by atoms with Gasteiger partial charge in [-0.05, 0) is 37.0 Å². The summed E-state index contributed by atoms with van der Waals surface area (Å²) in [5.74, 6) is -0.220. The van der Waals surface area contributed by atoms with Gasteiger partial charge in [0.05, 0.1) is 6.04 Å². The minimum absolute atomic E-state index is 0.0244. The number of hydrogen-bond acceptors (Lipinski definition) is 3. The van der Waals surface area contributed by atoms with Crippen LogP contribution in [0.2, 0.25) is 0 Å². The molecule has 1 fully saturated rings. The lowest BCUT2D eigenvalue weighted by Crippen LogP contribution is -2.50. The largest absolute Gasteiger partial charge is 0.341 e. The van der Waals surface area contributed by atoms with Gasteiger partial charge in [-0.2, -0.15) is 0 Å². The molecule has 1 aliphatic heterocycles. The fourth-order valence-electron chi connectivity index (χ4n) is 2.41. The van der Waals surface area contributed by atoms with Crippen LogP contribution in [0.4, 0.5) is 4.39 Å². The number of carbonyl (C=O) groups is 1. The van der Waals surface area contributed by atoms with Gasteiger partial charge >= 0.3 is 0 Å². The lowest BCUT2D eigenvalue weighted by Gasteiger charge is -2.29. The second-order valence-electron chi connectivity index (χ2n) is 5.25. The molecule has 0 saturated carbocycles. The van der Waals surface area contributed by atoms with Crippen molar-refractivity contribution in [2.24, 2.45) is 5.73 Å². The predicted octanol–water partition coefficient (Wildman–Crippen LogP) is 1.26. The van der Waals surface area contributed by atoms with Crippen LogP contribution in [0, 0.1) is 5.82 Å². The van der Waals surface area contributed by atoms with Crippen molar-refractivity contribution in [2.75, 3.05) is 19.6 Å². The number of nitrogens with two attached hydrogens (primary N) is 1. The van der Waals surface area contributed by atoms with E-state index in [1.165, 1.54) is 18.6 Å². The number of benzene rings is 1. The Morgan fingerprint density at radius 3 is 2.55 bits per heavy atom. The monoisotopic (exact) mass is 279 g/mol. The highest BCUT2D eigenvalue weighted by atomic mass is 19.1. The summed E-state index contributed by atoms with van der Waals surface area (Å²) >= 11 is 0. The molecule has 1 atom stereocenters. The van der Waals surface area contributed by atoms with E-state index in [1.54, 1.807) is 12.1 Å². The normalized spacial score (nSPS) is 17.0. The lowest BCUT2D eigenvalue weighted by molar-refractivity contribution is -0.133. The Balaban J connectivity index is 1.72. The van der Waals surface area contributed by atoms with Crippen LogP contribution in [0.25, 0.3) is 0 Å². The lowest BCUT2D eigenvalue weighted by atomic mass is 10.1. The fourth-order valence-corrected chi connectivity index (χ4v) is 2.41. The molecule has 0 aliphatic carbocycles. The Labute approximate surface area is 119 Å². The van der Waals surface area contributed by atoms with Gasteiger partial charge in [-0.15, -0.1) is 0 Å². The number of piperidine rings is 1. The molecule has 20 heavy (non-hydrogen) atoms. The third-order valence-electron chi connectivity index (χ3n) is 3.59. The molecule has 2 rings (SSSR count). The van der Waals surface area contributed by atoms with Crippen molar-refractivity contribution >= 4 is 5.91 Å². The molecule has 1 aromatic carbocycles. The standard InChI is InChI=1S/C15H22FN3O/c16-13-6-4-12(5-7-13)10-18-11-14(17)15(20)19-8-2-1-3-9-19/h4-7,14,18H,1-3,8-11,17H2. The van der Waals surface area contributed by atoms with Crippen LogP contribution in [-0.4, -0.2) is 36.5 Å². The fraction of sp³-hybridized carbons (Fsp3) is 0.533. The summed E-state index contributed by atoms with van der Waals surface area (Å²) in [4.78, 5) is 14.0. The maximum absolute atomic E-state index is 12.8. The number of nitrogens with one attached hydrogen (secondary N) is 1. The van der Waals surface area contributed by atoms with E-state index in [2.05, 4.69) is 5.32 Å². The van der Waals surface area contributed by atoms with Crippen molar-refractivity contribution in [3.63, 3.8) is 0 Å². The molecular formula is C15H22FN3O. The first kappa shape index (κ1) is 14.9. The molecule has 5 heteroatoms. The van der Waals surface area contributed by atoms with E-state index in [9.17, 15) is 9.18 Å². The first-order valence-corrected chi connectivity index (χ1v) is 7.16. The molecule has 0 radical (unpaired) electrons. The van der Waals surface area contributed by atoms with Gasteiger partial charge in [0.1, 0.15) is 5.82 Å². The van der Waals surface area contributed by atoms with Crippen molar-refractivity contribution in [2.45, 2.75) is 31.8 Å². The molecule has 110 valence electrons. The van der Waals surface area contributed by atoms with Crippen molar-refractivity contribution in [1.29, 1.82) is 0 Å². The SMILES string of the molecule is NC(CNCc1ccc(F)cc1)C(=O)N1CCCCC1. The van der Waals surface area contributed by atoms with Crippen LogP contribution in [0.5, 0.6) is 0 Å². The molecule has 3 N–H and O–H groups in total. The zero-order valence-electron chi connectivity index (χ0n) is 11.6. The molecule has 1 aliphatic rings. The molecule has 1 amide bonds. The van der Waals surface area contributed by atoms with Gasteiger partial charge in [0.2, 0.25) is 5.91 Å². The van der Waals surface area contributed by atoms with Crippen LogP contribution >= 0.6 is 0 Å². The third-order valence-corrected chi connectivity index (χ3v) is 3.59. The Morgan fingerprint density at radius 2 is 1.90 bits per heavy atom. The smallest absolute Gasteiger partial charge is 0.240 e. The second-order valence-corrected chi connectivity index (χ2v) is 5.25. The number of rotatable bonds is 5. The van der Waals surface area contributed by atoms with Crippen molar-refractivity contribution in [3.05, 3.63) is 35.6 Å². The summed E-state index contributed by atoms with van der Waals surface area (Å²) in [6, 6.07) is 5.79. The van der Waals surface area contributed by atoms with E-state index in [0.717, 1.165) is 31.5 Å². The number of amides is 1. The van der Waals surface area contributed by atoms with E-state index < -0.39 is 6.04 Å². The molecule has 4 nitrogen and oxygen atoms in total. The quantitative estimate of drug-likeness (QED) is 0.853. The highest BCUT2D eigenvalue weighted by molar-refractivity contribution is 5.82. The summed E-state index contributed by atoms with van der Waals surface area (Å²) in [5.41, 5.74) is 6.90. The number of halogens is 1. The van der Waals surface area contributed by atoms with E-state index in [1.807, 2.05) is 4.90 Å². The van der Waals surface area contributed by atoms with Crippen LogP contribution < -0.4 is 11.1 Å². The van der Waals surface area contributed by atoms with Gasteiger partial charge in [0.25, 0.3) is 0 Å². The van der Waals surface area contributed by atoms with E-state index in [4.69, 9.17) is 5.73 Å². The average molecular weight is 279 g/mol. The van der Waals surface area contributed by atoms with Gasteiger partial charge in [0.15, 0.2) is 0 Å². The third kappa shape index (κ3) is 4.28. The number of hydrogen-bond donors (Lipinski definition) is 2. The minimum atomic E-state index is -0.506. The van der Waals surface area contributed by atoms with E-state index in [0.29, 0.717) is 13.1 Å². The van der Waals surface area contributed by atoms with Crippen molar-refractivity contribution < 1.29 is 9.18 Å². The molecular weight excluding hydrogens is 257 g/mol. The minimum Gasteiger partial charge on any atom is -0.341 e. The highest BCUT2D eigenvalue weighted by Crippen LogP contribution is 2.09.